The van der Waals surface area contributed by atoms with E-state index in [4.69, 9.17) is 0 Å². The minimum absolute atomic E-state index is 0.107. The summed E-state index contributed by atoms with van der Waals surface area (Å²) in [7, 11) is 0. The normalized spacial score (nSPS) is 13.8. The summed E-state index contributed by atoms with van der Waals surface area (Å²) in [5.41, 5.74) is 24.7. The molecule has 10 aromatic rings. The van der Waals surface area contributed by atoms with Gasteiger partial charge in [0.25, 0.3) is 0 Å². The highest BCUT2D eigenvalue weighted by molar-refractivity contribution is 6.04. The molecule has 0 radical (unpaired) electrons. The number of benzene rings is 10. The molecule has 65 heavy (non-hydrogen) atoms. The van der Waals surface area contributed by atoms with Gasteiger partial charge in [-0.3, -0.25) is 0 Å². The van der Waals surface area contributed by atoms with E-state index in [0.717, 1.165) is 16.9 Å². The number of rotatable bonds is 7. The molecule has 0 aliphatic heterocycles. The van der Waals surface area contributed by atoms with Crippen LogP contribution in [0.1, 0.15) is 49.9 Å². The number of hydrogen-bond donors (Lipinski definition) is 1. The molecule has 10 aromatic carbocycles. The maximum atomic E-state index is 4.08. The van der Waals surface area contributed by atoms with Crippen molar-refractivity contribution in [3.8, 4) is 77.9 Å². The average Bonchev–Trinajstić information content (AvgIpc) is 3.73. The van der Waals surface area contributed by atoms with Gasteiger partial charge in [-0.05, 0) is 142 Å². The molecule has 0 saturated heterocycles. The molecular weight excluding hydrogens is 783 g/mol. The minimum Gasteiger partial charge on any atom is -0.355 e. The predicted molar refractivity (Wildman–Crippen MR) is 276 cm³/mol. The van der Waals surface area contributed by atoms with Crippen LogP contribution in [-0.2, 0) is 10.8 Å². The molecule has 1 nitrogen and oxygen atoms in total. The van der Waals surface area contributed by atoms with Crippen LogP contribution in [0.2, 0.25) is 0 Å². The van der Waals surface area contributed by atoms with Crippen molar-refractivity contribution in [1.82, 2.24) is 0 Å². The Balaban J connectivity index is 1.07. The quantitative estimate of drug-likeness (QED) is 0.169. The van der Waals surface area contributed by atoms with Crippen molar-refractivity contribution in [2.75, 3.05) is 5.32 Å². The van der Waals surface area contributed by atoms with Gasteiger partial charge in [-0.1, -0.05) is 210 Å². The van der Waals surface area contributed by atoms with Gasteiger partial charge in [0.1, 0.15) is 0 Å². The monoisotopic (exact) mass is 831 g/mol. The van der Waals surface area contributed by atoms with Crippen molar-refractivity contribution < 1.29 is 0 Å². The smallest absolute Gasteiger partial charge is 0.0470 e. The molecule has 0 spiro atoms. The standard InChI is InChI=1S/C64H49N/c1-63(2)58-28-15-13-25-50(58)52-33-30-44(36-60(52)63)54-38-46(32-35-48(54)41-18-7-5-8-19-41)65-62-40-56(45-31-34-53-51-26-14-16-29-59(51)64(3,4)61(53)37-45)55(43-20-9-6-10-21-43)39-57(62)49-27-17-23-42-22-11-12-24-47(42)49/h5-40,65H,1-4H3. The first-order valence-electron chi connectivity index (χ1n) is 22.9. The fourth-order valence-corrected chi connectivity index (χ4v) is 11.1. The molecule has 0 heterocycles. The van der Waals surface area contributed by atoms with E-state index in [9.17, 15) is 0 Å². The molecule has 310 valence electrons. The summed E-state index contributed by atoms with van der Waals surface area (Å²) in [6, 6.07) is 81.0. The van der Waals surface area contributed by atoms with Crippen LogP contribution in [-0.4, -0.2) is 0 Å². The van der Waals surface area contributed by atoms with E-state index >= 15 is 0 Å². The van der Waals surface area contributed by atoms with Gasteiger partial charge in [0.05, 0.1) is 0 Å². The lowest BCUT2D eigenvalue weighted by Gasteiger charge is -2.24. The molecule has 2 aliphatic rings. The lowest BCUT2D eigenvalue weighted by Crippen LogP contribution is -2.14. The number of hydrogen-bond acceptors (Lipinski definition) is 1. The van der Waals surface area contributed by atoms with E-state index in [-0.39, 0.29) is 10.8 Å². The highest BCUT2D eigenvalue weighted by Gasteiger charge is 2.37. The summed E-state index contributed by atoms with van der Waals surface area (Å²) in [6.07, 6.45) is 0. The second-order valence-electron chi connectivity index (χ2n) is 18.9. The first-order valence-corrected chi connectivity index (χ1v) is 22.9. The third-order valence-corrected chi connectivity index (χ3v) is 14.5. The molecule has 0 amide bonds. The van der Waals surface area contributed by atoms with Crippen molar-refractivity contribution in [3.05, 3.63) is 241 Å². The average molecular weight is 832 g/mol. The molecule has 0 aromatic heterocycles. The first-order chi connectivity index (χ1) is 31.7. The van der Waals surface area contributed by atoms with Gasteiger partial charge in [0, 0.05) is 27.8 Å². The maximum absolute atomic E-state index is 4.08. The summed E-state index contributed by atoms with van der Waals surface area (Å²) in [5, 5.41) is 6.52. The fraction of sp³-hybridized carbons (Fsp3) is 0.0938. The molecular formula is C64H49N. The van der Waals surface area contributed by atoms with Gasteiger partial charge in [0.2, 0.25) is 0 Å². The highest BCUT2D eigenvalue weighted by Crippen LogP contribution is 2.53. The minimum atomic E-state index is -0.120. The van der Waals surface area contributed by atoms with Crippen LogP contribution in [0.3, 0.4) is 0 Å². The van der Waals surface area contributed by atoms with Gasteiger partial charge in [-0.25, -0.2) is 0 Å². The Bertz CT molecular complexity index is 3490. The first kappa shape index (κ1) is 38.9. The lowest BCUT2D eigenvalue weighted by molar-refractivity contribution is 0.660. The summed E-state index contributed by atoms with van der Waals surface area (Å²) in [4.78, 5) is 0. The van der Waals surface area contributed by atoms with Crippen LogP contribution in [0.25, 0.3) is 88.7 Å². The fourth-order valence-electron chi connectivity index (χ4n) is 11.1. The molecule has 1 N–H and O–H groups in total. The molecule has 0 bridgehead atoms. The Morgan fingerprint density at radius 3 is 1.37 bits per heavy atom. The molecule has 2 aliphatic carbocycles. The van der Waals surface area contributed by atoms with Crippen molar-refractivity contribution in [1.29, 1.82) is 0 Å². The highest BCUT2D eigenvalue weighted by atomic mass is 14.9. The number of anilines is 2. The summed E-state index contributed by atoms with van der Waals surface area (Å²) in [6.45, 7) is 9.47. The van der Waals surface area contributed by atoms with Gasteiger partial charge in [0.15, 0.2) is 0 Å². The van der Waals surface area contributed by atoms with Crippen molar-refractivity contribution >= 4 is 22.1 Å². The maximum Gasteiger partial charge on any atom is 0.0470 e. The van der Waals surface area contributed by atoms with Crippen LogP contribution in [0, 0.1) is 0 Å². The molecule has 0 unspecified atom stereocenters. The molecule has 1 heteroatoms. The SMILES string of the molecule is CC1(C)c2ccccc2-c2ccc(-c3cc(Nc4cc(-c5ccc6c(c5)C(C)(C)c5ccccc5-6)c(-c5ccccc5)cc4-c4cccc5ccccc45)ccc3-c3ccccc3)cc21. The van der Waals surface area contributed by atoms with Crippen molar-refractivity contribution in [2.45, 2.75) is 38.5 Å². The Labute approximate surface area is 382 Å². The number of nitrogens with one attached hydrogen (secondary N) is 1. The second-order valence-corrected chi connectivity index (χ2v) is 18.9. The van der Waals surface area contributed by atoms with E-state index < -0.39 is 0 Å². The van der Waals surface area contributed by atoms with Crippen molar-refractivity contribution in [2.24, 2.45) is 0 Å². The Hall–Kier alpha value is -7.74. The zero-order chi connectivity index (χ0) is 43.9. The van der Waals surface area contributed by atoms with Gasteiger partial charge >= 0.3 is 0 Å². The largest absolute Gasteiger partial charge is 0.355 e. The van der Waals surface area contributed by atoms with Crippen molar-refractivity contribution in [3.63, 3.8) is 0 Å². The Morgan fingerprint density at radius 2 is 0.738 bits per heavy atom. The third-order valence-electron chi connectivity index (χ3n) is 14.5. The van der Waals surface area contributed by atoms with Gasteiger partial charge in [-0.15, -0.1) is 0 Å². The predicted octanol–water partition coefficient (Wildman–Crippen LogP) is 17.5. The zero-order valence-corrected chi connectivity index (χ0v) is 37.3. The lowest BCUT2D eigenvalue weighted by atomic mass is 9.81. The molecule has 0 saturated carbocycles. The second kappa shape index (κ2) is 14.9. The Kier molecular flexibility index (Phi) is 8.94. The van der Waals surface area contributed by atoms with Crippen LogP contribution in [0.5, 0.6) is 0 Å². The Morgan fingerprint density at radius 1 is 0.277 bits per heavy atom. The van der Waals surface area contributed by atoms with E-state index in [1.807, 2.05) is 0 Å². The molecule has 0 fully saturated rings. The van der Waals surface area contributed by atoms with E-state index in [1.165, 1.54) is 105 Å². The van der Waals surface area contributed by atoms with Crippen LogP contribution in [0.15, 0.2) is 218 Å². The van der Waals surface area contributed by atoms with Crippen LogP contribution >= 0.6 is 0 Å². The van der Waals surface area contributed by atoms with E-state index in [1.54, 1.807) is 0 Å². The van der Waals surface area contributed by atoms with Crippen LogP contribution < -0.4 is 5.32 Å². The van der Waals surface area contributed by atoms with Gasteiger partial charge in [-0.2, -0.15) is 0 Å². The molecule has 12 rings (SSSR count). The van der Waals surface area contributed by atoms with E-state index in [2.05, 4.69) is 251 Å². The topological polar surface area (TPSA) is 12.0 Å². The number of fused-ring (bicyclic) bond motifs is 7. The van der Waals surface area contributed by atoms with Crippen LogP contribution in [0.4, 0.5) is 11.4 Å². The molecule has 0 atom stereocenters. The summed E-state index contributed by atoms with van der Waals surface area (Å²) >= 11 is 0. The summed E-state index contributed by atoms with van der Waals surface area (Å²) < 4.78 is 0. The summed E-state index contributed by atoms with van der Waals surface area (Å²) in [5.74, 6) is 0. The third kappa shape index (κ3) is 6.29. The zero-order valence-electron chi connectivity index (χ0n) is 37.3. The van der Waals surface area contributed by atoms with E-state index in [0.29, 0.717) is 0 Å². The van der Waals surface area contributed by atoms with Gasteiger partial charge < -0.3 is 5.32 Å².